The Balaban J connectivity index is 1.39. The molecule has 156 valence electrons. The smallest absolute Gasteiger partial charge is 0.228 e. The number of hydrogen-bond donors (Lipinski definition) is 1. The van der Waals surface area contributed by atoms with E-state index in [2.05, 4.69) is 5.32 Å². The van der Waals surface area contributed by atoms with Crippen molar-refractivity contribution in [1.29, 1.82) is 0 Å². The molecule has 31 heavy (non-hydrogen) atoms. The molecule has 1 N–H and O–H groups in total. The van der Waals surface area contributed by atoms with Gasteiger partial charge in [-0.15, -0.1) is 0 Å². The van der Waals surface area contributed by atoms with E-state index >= 15 is 0 Å². The van der Waals surface area contributed by atoms with Crippen LogP contribution in [-0.4, -0.2) is 25.5 Å². The van der Waals surface area contributed by atoms with Crippen molar-refractivity contribution in [3.05, 3.63) is 66.4 Å². The van der Waals surface area contributed by atoms with Gasteiger partial charge >= 0.3 is 0 Å². The zero-order chi connectivity index (χ0) is 21.4. The largest absolute Gasteiger partial charge is 0.494 e. The monoisotopic (exact) mass is 414 g/mol. The van der Waals surface area contributed by atoms with Crippen molar-refractivity contribution in [2.75, 3.05) is 23.9 Å². The molecule has 2 amide bonds. The number of benzene rings is 3. The van der Waals surface area contributed by atoms with E-state index in [-0.39, 0.29) is 18.2 Å². The van der Waals surface area contributed by atoms with Gasteiger partial charge in [0.2, 0.25) is 11.8 Å². The number of hydrogen-bond acceptors (Lipinski definition) is 4. The van der Waals surface area contributed by atoms with E-state index in [1.165, 1.54) is 0 Å². The summed E-state index contributed by atoms with van der Waals surface area (Å²) in [6.45, 7) is 0.683. The first-order chi connectivity index (χ1) is 15.1. The zero-order valence-corrected chi connectivity index (χ0v) is 17.2. The molecule has 0 radical (unpaired) electrons. The lowest BCUT2D eigenvalue weighted by atomic mass is 10.0. The molecule has 1 aliphatic rings. The van der Waals surface area contributed by atoms with Gasteiger partial charge in [-0.2, -0.15) is 0 Å². The van der Waals surface area contributed by atoms with Crippen LogP contribution in [0.5, 0.6) is 5.75 Å². The maximum Gasteiger partial charge on any atom is 0.228 e. The van der Waals surface area contributed by atoms with Gasteiger partial charge in [-0.05, 0) is 35.4 Å². The summed E-state index contributed by atoms with van der Waals surface area (Å²) < 4.78 is 11.2. The Labute approximate surface area is 179 Å². The molecule has 0 atom stereocenters. The van der Waals surface area contributed by atoms with Gasteiger partial charge in [0, 0.05) is 35.7 Å². The van der Waals surface area contributed by atoms with Crippen molar-refractivity contribution < 1.29 is 18.7 Å². The van der Waals surface area contributed by atoms with Crippen LogP contribution in [0, 0.1) is 0 Å². The van der Waals surface area contributed by atoms with Crippen LogP contribution in [0.15, 0.2) is 65.3 Å². The number of anilines is 2. The number of nitrogens with one attached hydrogen (secondary N) is 1. The van der Waals surface area contributed by atoms with Gasteiger partial charge in [0.1, 0.15) is 11.3 Å². The van der Waals surface area contributed by atoms with E-state index < -0.39 is 0 Å². The Morgan fingerprint density at radius 3 is 2.84 bits per heavy atom. The molecular weight excluding hydrogens is 392 g/mol. The zero-order valence-electron chi connectivity index (χ0n) is 17.2. The van der Waals surface area contributed by atoms with Crippen LogP contribution in [0.3, 0.4) is 0 Å². The number of carbonyl (C=O) groups excluding carboxylic acids is 2. The topological polar surface area (TPSA) is 71.8 Å². The summed E-state index contributed by atoms with van der Waals surface area (Å²) in [7, 11) is 1.56. The summed E-state index contributed by atoms with van der Waals surface area (Å²) in [6.07, 6.45) is 3.23. The third-order valence-corrected chi connectivity index (χ3v) is 5.72. The summed E-state index contributed by atoms with van der Waals surface area (Å²) in [5.74, 6) is 0.504. The van der Waals surface area contributed by atoms with E-state index in [0.717, 1.165) is 39.4 Å². The Kier molecular flexibility index (Phi) is 4.82. The lowest BCUT2D eigenvalue weighted by molar-refractivity contribution is -0.117. The third-order valence-electron chi connectivity index (χ3n) is 5.72. The summed E-state index contributed by atoms with van der Waals surface area (Å²) in [5.41, 5.74) is 2.96. The molecule has 1 aliphatic heterocycles. The van der Waals surface area contributed by atoms with Crippen LogP contribution < -0.4 is 15.0 Å². The fraction of sp³-hybridized carbons (Fsp3) is 0.200. The van der Waals surface area contributed by atoms with Crippen molar-refractivity contribution >= 4 is 44.9 Å². The molecule has 4 aromatic rings. The second kappa shape index (κ2) is 7.80. The number of fused-ring (bicyclic) bond motifs is 3. The molecule has 6 nitrogen and oxygen atoms in total. The molecule has 1 saturated heterocycles. The third kappa shape index (κ3) is 3.50. The van der Waals surface area contributed by atoms with Gasteiger partial charge in [-0.1, -0.05) is 30.3 Å². The van der Waals surface area contributed by atoms with Crippen LogP contribution in [0.2, 0.25) is 0 Å². The maximum absolute atomic E-state index is 12.8. The van der Waals surface area contributed by atoms with Crippen molar-refractivity contribution in [3.8, 4) is 5.75 Å². The molecule has 1 fully saturated rings. The van der Waals surface area contributed by atoms with E-state index in [0.29, 0.717) is 24.4 Å². The second-order valence-corrected chi connectivity index (χ2v) is 7.68. The van der Waals surface area contributed by atoms with Crippen molar-refractivity contribution in [1.82, 2.24) is 0 Å². The molecule has 3 aromatic carbocycles. The molecular formula is C25H22N2O4. The van der Waals surface area contributed by atoms with Gasteiger partial charge < -0.3 is 19.4 Å². The van der Waals surface area contributed by atoms with Gasteiger partial charge in [-0.3, -0.25) is 9.59 Å². The Morgan fingerprint density at radius 1 is 1.16 bits per heavy atom. The highest BCUT2D eigenvalue weighted by atomic mass is 16.5. The van der Waals surface area contributed by atoms with E-state index in [4.69, 9.17) is 9.15 Å². The summed E-state index contributed by atoms with van der Waals surface area (Å²) in [5, 5.41) is 6.07. The second-order valence-electron chi connectivity index (χ2n) is 7.68. The average molecular weight is 414 g/mol. The quantitative estimate of drug-likeness (QED) is 0.504. The van der Waals surface area contributed by atoms with Crippen LogP contribution >= 0.6 is 0 Å². The standard InChI is InChI=1S/C25H22N2O4/c1-30-22-14-18(9-10-20(22)27-12-4-7-24(27)29)26-23(28)13-17-15-31-21-11-8-16-5-2-3-6-19(16)25(17)21/h2-3,5-6,8-11,14-15H,4,7,12-13H2,1H3,(H,26,28). The SMILES string of the molecule is COc1cc(NC(=O)Cc2coc3ccc4ccccc4c23)ccc1N1CCCC1=O. The molecule has 0 unspecified atom stereocenters. The van der Waals surface area contributed by atoms with Gasteiger partial charge in [0.05, 0.1) is 25.5 Å². The Hall–Kier alpha value is -3.80. The van der Waals surface area contributed by atoms with Crippen LogP contribution in [0.1, 0.15) is 18.4 Å². The highest BCUT2D eigenvalue weighted by Gasteiger charge is 2.24. The van der Waals surface area contributed by atoms with Gasteiger partial charge in [0.15, 0.2) is 0 Å². The molecule has 0 spiro atoms. The normalized spacial score (nSPS) is 13.8. The first kappa shape index (κ1) is 19.2. The molecule has 2 heterocycles. The number of carbonyl (C=O) groups is 2. The summed E-state index contributed by atoms with van der Waals surface area (Å²) >= 11 is 0. The van der Waals surface area contributed by atoms with E-state index in [9.17, 15) is 9.59 Å². The maximum atomic E-state index is 12.8. The number of nitrogens with zero attached hydrogens (tertiary/aromatic N) is 1. The lowest BCUT2D eigenvalue weighted by Gasteiger charge is -2.19. The van der Waals surface area contributed by atoms with E-state index in [1.807, 2.05) is 42.5 Å². The minimum Gasteiger partial charge on any atom is -0.494 e. The number of rotatable bonds is 5. The predicted molar refractivity (Wildman–Crippen MR) is 121 cm³/mol. The first-order valence-electron chi connectivity index (χ1n) is 10.3. The van der Waals surface area contributed by atoms with Crippen LogP contribution in [-0.2, 0) is 16.0 Å². The number of methoxy groups -OCH3 is 1. The lowest BCUT2D eigenvalue weighted by Crippen LogP contribution is -2.24. The molecule has 5 rings (SSSR count). The highest BCUT2D eigenvalue weighted by Crippen LogP contribution is 2.34. The summed E-state index contributed by atoms with van der Waals surface area (Å²) in [4.78, 5) is 26.6. The predicted octanol–water partition coefficient (Wildman–Crippen LogP) is 4.90. The van der Waals surface area contributed by atoms with Crippen LogP contribution in [0.25, 0.3) is 21.7 Å². The van der Waals surface area contributed by atoms with Crippen LogP contribution in [0.4, 0.5) is 11.4 Å². The molecule has 1 aromatic heterocycles. The fourth-order valence-electron chi connectivity index (χ4n) is 4.26. The average Bonchev–Trinajstić information content (AvgIpc) is 3.40. The molecule has 0 aliphatic carbocycles. The number of furan rings is 1. The Morgan fingerprint density at radius 2 is 2.03 bits per heavy atom. The highest BCUT2D eigenvalue weighted by molar-refractivity contribution is 6.09. The van der Waals surface area contributed by atoms with Gasteiger partial charge in [-0.25, -0.2) is 0 Å². The summed E-state index contributed by atoms with van der Waals surface area (Å²) in [6, 6.07) is 17.4. The Bertz CT molecular complexity index is 1310. The molecule has 6 heteroatoms. The number of amides is 2. The minimum atomic E-state index is -0.150. The fourth-order valence-corrected chi connectivity index (χ4v) is 4.26. The van der Waals surface area contributed by atoms with Crippen molar-refractivity contribution in [2.24, 2.45) is 0 Å². The van der Waals surface area contributed by atoms with E-state index in [1.54, 1.807) is 30.4 Å². The molecule has 0 saturated carbocycles. The first-order valence-corrected chi connectivity index (χ1v) is 10.3. The molecule has 0 bridgehead atoms. The number of ether oxygens (including phenoxy) is 1. The van der Waals surface area contributed by atoms with Crippen molar-refractivity contribution in [2.45, 2.75) is 19.3 Å². The minimum absolute atomic E-state index is 0.0918. The van der Waals surface area contributed by atoms with Crippen molar-refractivity contribution in [3.63, 3.8) is 0 Å². The van der Waals surface area contributed by atoms with Gasteiger partial charge in [0.25, 0.3) is 0 Å².